The van der Waals surface area contributed by atoms with Gasteiger partial charge in [-0.2, -0.15) is 4.31 Å². The molecule has 0 saturated heterocycles. The summed E-state index contributed by atoms with van der Waals surface area (Å²) < 4.78 is 25.1. The summed E-state index contributed by atoms with van der Waals surface area (Å²) in [6, 6.07) is 3.07. The number of nitrogens with zero attached hydrogens (tertiary/aromatic N) is 2. The highest BCUT2D eigenvalue weighted by molar-refractivity contribution is 7.88. The van der Waals surface area contributed by atoms with E-state index in [1.807, 2.05) is 0 Å². The molecule has 3 N–H and O–H groups in total. The number of sulfonamides is 1. The molecule has 2 amide bonds. The van der Waals surface area contributed by atoms with E-state index in [2.05, 4.69) is 15.6 Å². The van der Waals surface area contributed by atoms with Crippen LogP contribution in [0.25, 0.3) is 0 Å². The molecule has 9 nitrogen and oxygen atoms in total. The number of hydrogen-bond donors (Lipinski definition) is 3. The number of rotatable bonds is 5. The van der Waals surface area contributed by atoms with Gasteiger partial charge in [-0.3, -0.25) is 9.59 Å². The van der Waals surface area contributed by atoms with Crippen molar-refractivity contribution in [3.05, 3.63) is 49.9 Å². The van der Waals surface area contributed by atoms with Crippen LogP contribution in [0, 0.1) is 0 Å². The van der Waals surface area contributed by atoms with Crippen molar-refractivity contribution < 1.29 is 23.1 Å². The molecule has 0 radical (unpaired) electrons. The summed E-state index contributed by atoms with van der Waals surface area (Å²) in [7, 11) is -3.55. The normalized spacial score (nSPS) is 15.2. The minimum absolute atomic E-state index is 0.0391. The van der Waals surface area contributed by atoms with Gasteiger partial charge in [-0.25, -0.2) is 13.4 Å². The van der Waals surface area contributed by atoms with E-state index in [0.29, 0.717) is 5.02 Å². The molecule has 0 unspecified atom stereocenters. The molecule has 3 rings (SSSR count). The fourth-order valence-electron chi connectivity index (χ4n) is 2.71. The van der Waals surface area contributed by atoms with Gasteiger partial charge in [0, 0.05) is 29.4 Å². The Labute approximate surface area is 186 Å². The zero-order chi connectivity index (χ0) is 22.1. The smallest absolute Gasteiger partial charge is 0.267 e. The van der Waals surface area contributed by atoms with Gasteiger partial charge in [0.15, 0.2) is 0 Å². The van der Waals surface area contributed by atoms with Crippen LogP contribution in [0.2, 0.25) is 10.0 Å². The van der Waals surface area contributed by atoms with E-state index in [0.717, 1.165) is 21.9 Å². The summed E-state index contributed by atoms with van der Waals surface area (Å²) in [4.78, 5) is 29.4. The molecular weight excluding hydrogens is 475 g/mol. The molecule has 30 heavy (non-hydrogen) atoms. The summed E-state index contributed by atoms with van der Waals surface area (Å²) in [5.74, 6) is -1.19. The number of aromatic nitrogens is 1. The third-order valence-corrected chi connectivity index (χ3v) is 7.14. The molecule has 0 fully saturated rings. The number of nitrogens with one attached hydrogen (secondary N) is 2. The first kappa shape index (κ1) is 22.5. The van der Waals surface area contributed by atoms with Gasteiger partial charge in [-0.1, -0.05) is 23.2 Å². The van der Waals surface area contributed by atoms with Crippen molar-refractivity contribution in [1.82, 2.24) is 14.6 Å². The highest BCUT2D eigenvalue weighted by Gasteiger charge is 2.30. The summed E-state index contributed by atoms with van der Waals surface area (Å²) >= 11 is 12.6. The lowest BCUT2D eigenvalue weighted by molar-refractivity contribution is -0.113. The summed E-state index contributed by atoms with van der Waals surface area (Å²) in [6.07, 6.45) is 2.49. The number of hydrogen-bond acceptors (Lipinski definition) is 7. The van der Waals surface area contributed by atoms with Crippen molar-refractivity contribution >= 4 is 62.2 Å². The van der Waals surface area contributed by atoms with Crippen LogP contribution in [0.3, 0.4) is 0 Å². The molecule has 1 aliphatic rings. The largest absolute Gasteiger partial charge is 0.505 e. The van der Waals surface area contributed by atoms with Crippen LogP contribution in [0.1, 0.15) is 16.1 Å². The topological polar surface area (TPSA) is 129 Å². The van der Waals surface area contributed by atoms with Crippen LogP contribution in [-0.4, -0.2) is 54.0 Å². The third-order valence-electron chi connectivity index (χ3n) is 4.21. The van der Waals surface area contributed by atoms with Gasteiger partial charge >= 0.3 is 0 Å². The van der Waals surface area contributed by atoms with Crippen molar-refractivity contribution in [2.24, 2.45) is 0 Å². The Morgan fingerprint density at radius 1 is 1.23 bits per heavy atom. The zero-order valence-electron chi connectivity index (χ0n) is 15.5. The van der Waals surface area contributed by atoms with Crippen molar-refractivity contribution in [2.45, 2.75) is 6.42 Å². The minimum Gasteiger partial charge on any atom is -0.505 e. The van der Waals surface area contributed by atoms with Crippen LogP contribution in [0.4, 0.5) is 5.82 Å². The van der Waals surface area contributed by atoms with Crippen LogP contribution in [0.15, 0.2) is 35.0 Å². The predicted molar refractivity (Wildman–Crippen MR) is 114 cm³/mol. The standard InChI is InChI=1S/C17H16Cl2N4O5S2/c1-30(27,28)23-5-4-10(16(25)22-13-3-2-9(18)6-20-13)11(7-23)21-17(26)15-14(19)12(24)8-29-15/h2-3,6,8,24H,4-5,7H2,1H3,(H,21,26)(H,20,22,25). The maximum absolute atomic E-state index is 12.8. The Morgan fingerprint density at radius 2 is 1.97 bits per heavy atom. The van der Waals surface area contributed by atoms with Crippen LogP contribution in [-0.2, 0) is 14.8 Å². The van der Waals surface area contributed by atoms with Gasteiger partial charge in [0.2, 0.25) is 10.0 Å². The van der Waals surface area contributed by atoms with Gasteiger partial charge in [0.05, 0.1) is 17.8 Å². The lowest BCUT2D eigenvalue weighted by Gasteiger charge is -2.28. The van der Waals surface area contributed by atoms with E-state index in [4.69, 9.17) is 23.2 Å². The SMILES string of the molecule is CS(=O)(=O)N1CCC(C(=O)Nc2ccc(Cl)cn2)=C(NC(=O)c2scc(O)c2Cl)C1. The van der Waals surface area contributed by atoms with Gasteiger partial charge in [0.25, 0.3) is 11.8 Å². The molecule has 2 aromatic heterocycles. The van der Waals surface area contributed by atoms with Gasteiger partial charge in [-0.05, 0) is 18.6 Å². The Balaban J connectivity index is 1.90. The van der Waals surface area contributed by atoms with Gasteiger partial charge in [0.1, 0.15) is 21.5 Å². The fraction of sp³-hybridized carbons (Fsp3) is 0.235. The molecule has 0 saturated carbocycles. The molecule has 0 spiro atoms. The maximum atomic E-state index is 12.8. The van der Waals surface area contributed by atoms with E-state index >= 15 is 0 Å². The van der Waals surface area contributed by atoms with Gasteiger partial charge < -0.3 is 15.7 Å². The fourth-order valence-corrected chi connectivity index (χ4v) is 4.66. The molecule has 0 aliphatic carbocycles. The molecule has 3 heterocycles. The summed E-state index contributed by atoms with van der Waals surface area (Å²) in [6.45, 7) is -0.119. The van der Waals surface area contributed by atoms with E-state index in [-0.39, 0.29) is 52.2 Å². The third kappa shape index (κ3) is 5.10. The molecule has 0 aromatic carbocycles. The molecule has 0 bridgehead atoms. The van der Waals surface area contributed by atoms with Crippen molar-refractivity contribution in [3.63, 3.8) is 0 Å². The van der Waals surface area contributed by atoms with Crippen LogP contribution < -0.4 is 10.6 Å². The number of aromatic hydroxyl groups is 1. The quantitative estimate of drug-likeness (QED) is 0.590. The zero-order valence-corrected chi connectivity index (χ0v) is 18.6. The first-order valence-corrected chi connectivity index (χ1v) is 11.9. The second kappa shape index (κ2) is 8.90. The maximum Gasteiger partial charge on any atom is 0.267 e. The minimum atomic E-state index is -3.55. The average molecular weight is 491 g/mol. The number of halogens is 2. The Kier molecular flexibility index (Phi) is 6.68. The summed E-state index contributed by atoms with van der Waals surface area (Å²) in [5.41, 5.74) is 0.323. The first-order chi connectivity index (χ1) is 14.1. The highest BCUT2D eigenvalue weighted by atomic mass is 35.5. The lowest BCUT2D eigenvalue weighted by Crippen LogP contribution is -2.43. The number of anilines is 1. The second-order valence-corrected chi connectivity index (χ2v) is 10.0. The number of carbonyl (C=O) groups excluding carboxylic acids is 2. The molecule has 1 aliphatic heterocycles. The van der Waals surface area contributed by atoms with Crippen molar-refractivity contribution in [2.75, 3.05) is 24.7 Å². The number of amides is 2. The van der Waals surface area contributed by atoms with E-state index in [1.54, 1.807) is 6.07 Å². The number of pyridine rings is 1. The van der Waals surface area contributed by atoms with Crippen LogP contribution >= 0.6 is 34.5 Å². The monoisotopic (exact) mass is 490 g/mol. The average Bonchev–Trinajstić information content (AvgIpc) is 3.01. The Bertz CT molecular complexity index is 1130. The lowest BCUT2D eigenvalue weighted by atomic mass is 10.1. The first-order valence-electron chi connectivity index (χ1n) is 8.43. The molecular formula is C17H16Cl2N4O5S2. The van der Waals surface area contributed by atoms with E-state index in [9.17, 15) is 23.1 Å². The second-order valence-electron chi connectivity index (χ2n) is 6.34. The van der Waals surface area contributed by atoms with E-state index in [1.165, 1.54) is 17.6 Å². The molecule has 13 heteroatoms. The molecule has 160 valence electrons. The molecule has 2 aromatic rings. The van der Waals surface area contributed by atoms with Crippen molar-refractivity contribution in [1.29, 1.82) is 0 Å². The summed E-state index contributed by atoms with van der Waals surface area (Å²) in [5, 5.41) is 16.3. The Hall–Kier alpha value is -2.18. The predicted octanol–water partition coefficient (Wildman–Crippen LogP) is 2.44. The number of thiophene rings is 1. The number of carbonyl (C=O) groups is 2. The Morgan fingerprint density at radius 3 is 2.53 bits per heavy atom. The van der Waals surface area contributed by atoms with Crippen molar-refractivity contribution in [3.8, 4) is 5.75 Å². The van der Waals surface area contributed by atoms with Crippen LogP contribution in [0.5, 0.6) is 5.75 Å². The van der Waals surface area contributed by atoms with E-state index < -0.39 is 21.8 Å². The highest BCUT2D eigenvalue weighted by Crippen LogP contribution is 2.33. The van der Waals surface area contributed by atoms with Gasteiger partial charge in [-0.15, -0.1) is 11.3 Å². The molecule has 0 atom stereocenters.